The Balaban J connectivity index is 2.28. The van der Waals surface area contributed by atoms with Crippen molar-refractivity contribution in [3.8, 4) is 5.75 Å². The van der Waals surface area contributed by atoms with Crippen LogP contribution >= 0.6 is 23.3 Å². The van der Waals surface area contributed by atoms with Gasteiger partial charge in [0.2, 0.25) is 0 Å². The van der Waals surface area contributed by atoms with Crippen molar-refractivity contribution < 1.29 is 27.4 Å². The van der Waals surface area contributed by atoms with E-state index in [1.165, 1.54) is 35.4 Å². The molecule has 0 saturated heterocycles. The molecule has 0 radical (unpaired) electrons. The van der Waals surface area contributed by atoms with E-state index in [-0.39, 0.29) is 23.8 Å². The summed E-state index contributed by atoms with van der Waals surface area (Å²) in [5.41, 5.74) is 1.30. The number of carbonyl (C=O) groups excluding carboxylic acids is 1. The summed E-state index contributed by atoms with van der Waals surface area (Å²) in [6.07, 6.45) is 6.32. The highest BCUT2D eigenvalue weighted by Crippen LogP contribution is 2.31. The third kappa shape index (κ3) is 8.07. The first-order valence-corrected chi connectivity index (χ1v) is 12.3. The van der Waals surface area contributed by atoms with Crippen molar-refractivity contribution in [1.82, 2.24) is 9.71 Å². The fourth-order valence-electron chi connectivity index (χ4n) is 2.93. The Morgan fingerprint density at radius 1 is 1.35 bits per heavy atom. The van der Waals surface area contributed by atoms with Crippen LogP contribution in [0.1, 0.15) is 41.2 Å². The largest absolute Gasteiger partial charge is 0.435 e. The maximum atomic E-state index is 14.7. The van der Waals surface area contributed by atoms with Gasteiger partial charge in [-0.1, -0.05) is 30.2 Å². The summed E-state index contributed by atoms with van der Waals surface area (Å²) in [5.74, 6) is -0.543. The van der Waals surface area contributed by atoms with Crippen LogP contribution in [0.2, 0.25) is 0 Å². The number of nitrogens with zero attached hydrogens (tertiary/aromatic N) is 2. The zero-order valence-electron chi connectivity index (χ0n) is 19.4. The number of carbonyl (C=O) groups is 1. The van der Waals surface area contributed by atoms with Crippen molar-refractivity contribution in [2.24, 2.45) is 0 Å². The standard InChI is InChI=1S/C23H28F3N3O3S2/c1-5-8-17(6-2)29(14-16-9-10-18(13-19(16)24)32-22(25)26)23-27-20(15(3)34-23)21(30)28-33-12-7-11-31-4/h5-6,8-10,13,22H,7,11-12,14H2,1-4H3,(H,28,30)/b8-5-,17-6+. The number of nitrogens with one attached hydrogen (secondary N) is 1. The average Bonchev–Trinajstić information content (AvgIpc) is 3.18. The van der Waals surface area contributed by atoms with Gasteiger partial charge in [-0.15, -0.1) is 11.3 Å². The van der Waals surface area contributed by atoms with Gasteiger partial charge in [0.1, 0.15) is 17.3 Å². The van der Waals surface area contributed by atoms with E-state index < -0.39 is 12.4 Å². The molecule has 1 heterocycles. The van der Waals surface area contributed by atoms with Crippen LogP contribution in [-0.2, 0) is 11.3 Å². The van der Waals surface area contributed by atoms with E-state index >= 15 is 0 Å². The van der Waals surface area contributed by atoms with Crippen LogP contribution in [0.3, 0.4) is 0 Å². The number of thiazole rings is 1. The minimum atomic E-state index is -3.04. The number of benzene rings is 1. The molecule has 0 unspecified atom stereocenters. The first-order chi connectivity index (χ1) is 16.3. The Labute approximate surface area is 206 Å². The van der Waals surface area contributed by atoms with Gasteiger partial charge in [0, 0.05) is 41.7 Å². The van der Waals surface area contributed by atoms with Crippen LogP contribution in [0.5, 0.6) is 5.75 Å². The number of aryl methyl sites for hydroxylation is 1. The molecule has 1 amide bonds. The van der Waals surface area contributed by atoms with Crippen LogP contribution in [0, 0.1) is 12.7 Å². The van der Waals surface area contributed by atoms with Crippen molar-refractivity contribution in [1.29, 1.82) is 0 Å². The second-order valence-corrected chi connectivity index (χ2v) is 9.04. The van der Waals surface area contributed by atoms with Gasteiger partial charge >= 0.3 is 6.61 Å². The lowest BCUT2D eigenvalue weighted by molar-refractivity contribution is -0.0500. The normalized spacial score (nSPS) is 11.9. The van der Waals surface area contributed by atoms with Gasteiger partial charge in [-0.3, -0.25) is 9.52 Å². The van der Waals surface area contributed by atoms with Crippen LogP contribution < -0.4 is 14.4 Å². The predicted molar refractivity (Wildman–Crippen MR) is 131 cm³/mol. The molecule has 1 N–H and O–H groups in total. The third-order valence-corrected chi connectivity index (χ3v) is 6.33. The van der Waals surface area contributed by atoms with Gasteiger partial charge in [-0.05, 0) is 39.3 Å². The molecule has 0 bridgehead atoms. The number of alkyl halides is 2. The van der Waals surface area contributed by atoms with Crippen molar-refractivity contribution in [3.63, 3.8) is 0 Å². The zero-order chi connectivity index (χ0) is 25.1. The minimum Gasteiger partial charge on any atom is -0.435 e. The lowest BCUT2D eigenvalue weighted by Gasteiger charge is -2.23. The molecular weight excluding hydrogens is 487 g/mol. The summed E-state index contributed by atoms with van der Waals surface area (Å²) in [4.78, 5) is 19.7. The molecule has 186 valence electrons. The number of hydrogen-bond acceptors (Lipinski definition) is 7. The topological polar surface area (TPSA) is 63.7 Å². The summed E-state index contributed by atoms with van der Waals surface area (Å²) in [6.45, 7) is 3.14. The van der Waals surface area contributed by atoms with Crippen LogP contribution in [-0.4, -0.2) is 37.0 Å². The first-order valence-electron chi connectivity index (χ1n) is 10.5. The number of amides is 1. The molecule has 6 nitrogen and oxygen atoms in total. The Bertz CT molecular complexity index is 1010. The van der Waals surface area contributed by atoms with E-state index in [4.69, 9.17) is 4.74 Å². The molecule has 2 rings (SSSR count). The van der Waals surface area contributed by atoms with Gasteiger partial charge in [0.25, 0.3) is 5.91 Å². The Kier molecular flexibility index (Phi) is 11.4. The second-order valence-electron chi connectivity index (χ2n) is 6.96. The van der Waals surface area contributed by atoms with E-state index in [9.17, 15) is 18.0 Å². The van der Waals surface area contributed by atoms with Gasteiger partial charge in [-0.25, -0.2) is 9.37 Å². The lowest BCUT2D eigenvalue weighted by atomic mass is 10.1. The molecule has 0 fully saturated rings. The van der Waals surface area contributed by atoms with E-state index in [1.807, 2.05) is 32.1 Å². The summed E-state index contributed by atoms with van der Waals surface area (Å²) < 4.78 is 51.6. The quantitative estimate of drug-likeness (QED) is 0.198. The first kappa shape index (κ1) is 27.7. The molecule has 11 heteroatoms. The average molecular weight is 516 g/mol. The number of ether oxygens (including phenoxy) is 2. The van der Waals surface area contributed by atoms with Crippen LogP contribution in [0.4, 0.5) is 18.3 Å². The molecule has 1 aromatic carbocycles. The molecule has 0 aliphatic carbocycles. The van der Waals surface area contributed by atoms with Crippen molar-refractivity contribution >= 4 is 34.3 Å². The zero-order valence-corrected chi connectivity index (χ0v) is 21.1. The molecule has 0 saturated carbocycles. The molecule has 2 aromatic rings. The molecule has 34 heavy (non-hydrogen) atoms. The Hall–Kier alpha value is -2.50. The van der Waals surface area contributed by atoms with Crippen molar-refractivity contribution in [3.05, 3.63) is 64.1 Å². The number of halogens is 3. The summed E-state index contributed by atoms with van der Waals surface area (Å²) in [7, 11) is 1.62. The number of aromatic nitrogens is 1. The number of anilines is 1. The molecule has 0 spiro atoms. The fourth-order valence-corrected chi connectivity index (χ4v) is 4.45. The highest BCUT2D eigenvalue weighted by Gasteiger charge is 2.22. The maximum absolute atomic E-state index is 14.7. The van der Waals surface area contributed by atoms with E-state index in [0.29, 0.717) is 28.1 Å². The van der Waals surface area contributed by atoms with Crippen LogP contribution in [0.25, 0.3) is 0 Å². The second kappa shape index (κ2) is 14.0. The van der Waals surface area contributed by atoms with E-state index in [1.54, 1.807) is 18.9 Å². The molecule has 0 aliphatic rings. The molecule has 0 atom stereocenters. The number of allylic oxidation sites excluding steroid dienone is 3. The smallest absolute Gasteiger partial charge is 0.387 e. The monoisotopic (exact) mass is 515 g/mol. The highest BCUT2D eigenvalue weighted by atomic mass is 32.2. The lowest BCUT2D eigenvalue weighted by Crippen LogP contribution is -2.22. The minimum absolute atomic E-state index is 0.0740. The fraction of sp³-hybridized carbons (Fsp3) is 0.391. The Morgan fingerprint density at radius 3 is 2.74 bits per heavy atom. The summed E-state index contributed by atoms with van der Waals surface area (Å²) in [5, 5.41) is 0.505. The number of rotatable bonds is 13. The van der Waals surface area contributed by atoms with E-state index in [2.05, 4.69) is 14.4 Å². The number of hydrogen-bond donors (Lipinski definition) is 1. The van der Waals surface area contributed by atoms with Gasteiger partial charge in [-0.2, -0.15) is 8.78 Å². The maximum Gasteiger partial charge on any atom is 0.387 e. The summed E-state index contributed by atoms with van der Waals surface area (Å²) in [6, 6.07) is 3.62. The summed E-state index contributed by atoms with van der Waals surface area (Å²) >= 11 is 2.59. The molecule has 0 aliphatic heterocycles. The van der Waals surface area contributed by atoms with Gasteiger partial charge < -0.3 is 14.4 Å². The van der Waals surface area contributed by atoms with Crippen molar-refractivity contribution in [2.75, 3.05) is 24.4 Å². The Morgan fingerprint density at radius 2 is 2.12 bits per heavy atom. The molecule has 1 aromatic heterocycles. The van der Waals surface area contributed by atoms with Gasteiger partial charge in [0.05, 0.1) is 6.54 Å². The number of methoxy groups -OCH3 is 1. The third-order valence-electron chi connectivity index (χ3n) is 4.51. The SMILES string of the molecule is C/C=C\C(=C/C)N(Cc1ccc(OC(F)F)cc1F)c1nc(C(=O)NSCCCOC)c(C)s1. The van der Waals surface area contributed by atoms with Crippen LogP contribution in [0.15, 0.2) is 42.1 Å². The van der Waals surface area contributed by atoms with E-state index in [0.717, 1.165) is 18.2 Å². The van der Waals surface area contributed by atoms with Gasteiger partial charge in [0.15, 0.2) is 5.13 Å². The van der Waals surface area contributed by atoms with Crippen molar-refractivity contribution in [2.45, 2.75) is 40.3 Å². The highest BCUT2D eigenvalue weighted by molar-refractivity contribution is 7.97. The predicted octanol–water partition coefficient (Wildman–Crippen LogP) is 6.09. The molecular formula is C23H28F3N3O3S2.